The molecule has 1 amide bonds. The normalized spacial score (nSPS) is 11.8. The number of nitrogens with one attached hydrogen (secondary N) is 2. The number of hydrogen-bond acceptors (Lipinski definition) is 8. The molecule has 0 saturated heterocycles. The number of aryl methyl sites for hydroxylation is 1. The molecule has 0 unspecified atom stereocenters. The van der Waals surface area contributed by atoms with Gasteiger partial charge < -0.3 is 14.8 Å². The molecule has 33 heavy (non-hydrogen) atoms. The molecule has 3 aromatic rings. The van der Waals surface area contributed by atoms with Gasteiger partial charge in [0.1, 0.15) is 5.75 Å². The van der Waals surface area contributed by atoms with E-state index in [1.165, 1.54) is 56.8 Å². The number of amides is 1. The van der Waals surface area contributed by atoms with Crippen LogP contribution in [-0.4, -0.2) is 43.5 Å². The third-order valence-electron chi connectivity index (χ3n) is 4.52. The number of carbonyl (C=O) groups is 2. The third-order valence-corrected chi connectivity index (χ3v) is 5.86. The molecule has 2 N–H and O–H groups in total. The molecule has 2 aromatic carbocycles. The Balaban J connectivity index is 1.61. The van der Waals surface area contributed by atoms with Crippen LogP contribution < -0.4 is 14.8 Å². The van der Waals surface area contributed by atoms with Gasteiger partial charge in [0.2, 0.25) is 5.95 Å². The molecule has 11 heteroatoms. The van der Waals surface area contributed by atoms with Gasteiger partial charge in [-0.05, 0) is 61.9 Å². The summed E-state index contributed by atoms with van der Waals surface area (Å²) in [6, 6.07) is 11.9. The number of ether oxygens (including phenoxy) is 2. The van der Waals surface area contributed by atoms with E-state index in [9.17, 15) is 18.0 Å². The van der Waals surface area contributed by atoms with E-state index < -0.39 is 28.0 Å². The topological polar surface area (TPSA) is 137 Å². The maximum atomic E-state index is 12.4. The van der Waals surface area contributed by atoms with E-state index in [1.54, 1.807) is 18.2 Å². The van der Waals surface area contributed by atoms with E-state index in [0.717, 1.165) is 5.56 Å². The number of methoxy groups -OCH3 is 1. The third kappa shape index (κ3) is 6.04. The fourth-order valence-corrected chi connectivity index (χ4v) is 3.68. The standard InChI is InChI=1S/C22H22N4O6S/c1-14-5-6-16(13-19(14)31-3)21(28)32-15(2)20(27)25-17-7-9-18(10-8-17)33(29,30)26-22-23-11-4-12-24-22/h4-13,15H,1-3H3,(H,25,27)(H,23,24,26)/t15-/m1/s1. The number of aromatic nitrogens is 2. The second-order valence-corrected chi connectivity index (χ2v) is 8.61. The Hall–Kier alpha value is -3.99. The number of benzene rings is 2. The van der Waals surface area contributed by atoms with Crippen molar-refractivity contribution in [3.05, 3.63) is 72.1 Å². The highest BCUT2D eigenvalue weighted by Crippen LogP contribution is 2.20. The lowest BCUT2D eigenvalue weighted by atomic mass is 10.1. The summed E-state index contributed by atoms with van der Waals surface area (Å²) in [5, 5.41) is 2.58. The van der Waals surface area contributed by atoms with Crippen molar-refractivity contribution >= 4 is 33.5 Å². The molecular formula is C22H22N4O6S. The average Bonchev–Trinajstić information content (AvgIpc) is 2.80. The quantitative estimate of drug-likeness (QED) is 0.480. The van der Waals surface area contributed by atoms with Crippen molar-refractivity contribution < 1.29 is 27.5 Å². The van der Waals surface area contributed by atoms with Crippen molar-refractivity contribution in [2.45, 2.75) is 24.8 Å². The Morgan fingerprint density at radius 1 is 1.03 bits per heavy atom. The number of esters is 1. The molecule has 0 radical (unpaired) electrons. The summed E-state index contributed by atoms with van der Waals surface area (Å²) in [6.07, 6.45) is 1.73. The fourth-order valence-electron chi connectivity index (χ4n) is 2.72. The van der Waals surface area contributed by atoms with Gasteiger partial charge in [-0.15, -0.1) is 0 Å². The van der Waals surface area contributed by atoms with E-state index >= 15 is 0 Å². The maximum absolute atomic E-state index is 12.4. The summed E-state index contributed by atoms with van der Waals surface area (Å²) in [6.45, 7) is 3.27. The van der Waals surface area contributed by atoms with Crippen molar-refractivity contribution in [2.75, 3.05) is 17.1 Å². The first kappa shape index (κ1) is 23.7. The largest absolute Gasteiger partial charge is 0.496 e. The van der Waals surface area contributed by atoms with E-state index in [0.29, 0.717) is 11.4 Å². The number of anilines is 2. The van der Waals surface area contributed by atoms with Crippen molar-refractivity contribution in [3.8, 4) is 5.75 Å². The second-order valence-electron chi connectivity index (χ2n) is 6.92. The van der Waals surface area contributed by atoms with Gasteiger partial charge in [0.05, 0.1) is 17.6 Å². The average molecular weight is 471 g/mol. The van der Waals surface area contributed by atoms with Crippen LogP contribution in [0.25, 0.3) is 0 Å². The lowest BCUT2D eigenvalue weighted by molar-refractivity contribution is -0.123. The van der Waals surface area contributed by atoms with Crippen LogP contribution in [0, 0.1) is 6.92 Å². The summed E-state index contributed by atoms with van der Waals surface area (Å²) >= 11 is 0. The minimum Gasteiger partial charge on any atom is -0.496 e. The van der Waals surface area contributed by atoms with E-state index in [2.05, 4.69) is 20.0 Å². The van der Waals surface area contributed by atoms with Gasteiger partial charge in [0.25, 0.3) is 15.9 Å². The summed E-state index contributed by atoms with van der Waals surface area (Å²) in [7, 11) is -2.40. The highest BCUT2D eigenvalue weighted by molar-refractivity contribution is 7.92. The zero-order valence-corrected chi connectivity index (χ0v) is 18.9. The molecule has 1 heterocycles. The SMILES string of the molecule is COc1cc(C(=O)O[C@H](C)C(=O)Nc2ccc(S(=O)(=O)Nc3ncccn3)cc2)ccc1C. The van der Waals surface area contributed by atoms with Crippen LogP contribution in [0.5, 0.6) is 5.75 Å². The van der Waals surface area contributed by atoms with Crippen LogP contribution in [0.1, 0.15) is 22.8 Å². The van der Waals surface area contributed by atoms with Crippen molar-refractivity contribution in [3.63, 3.8) is 0 Å². The van der Waals surface area contributed by atoms with Gasteiger partial charge in [-0.3, -0.25) is 4.79 Å². The number of nitrogens with zero attached hydrogens (tertiary/aromatic N) is 2. The Morgan fingerprint density at radius 3 is 2.33 bits per heavy atom. The first-order chi connectivity index (χ1) is 15.7. The summed E-state index contributed by atoms with van der Waals surface area (Å²) in [5.41, 5.74) is 1.44. The van der Waals surface area contributed by atoms with Crippen LogP contribution >= 0.6 is 0 Å². The monoisotopic (exact) mass is 470 g/mol. The van der Waals surface area contributed by atoms with Crippen molar-refractivity contribution in [1.29, 1.82) is 0 Å². The van der Waals surface area contributed by atoms with Crippen LogP contribution in [-0.2, 0) is 19.6 Å². The van der Waals surface area contributed by atoms with E-state index in [1.807, 2.05) is 6.92 Å². The van der Waals surface area contributed by atoms with Gasteiger partial charge >= 0.3 is 5.97 Å². The summed E-state index contributed by atoms with van der Waals surface area (Å²) < 4.78 is 37.5. The van der Waals surface area contributed by atoms with Gasteiger partial charge in [-0.25, -0.2) is 27.9 Å². The number of sulfonamides is 1. The first-order valence-corrected chi connectivity index (χ1v) is 11.2. The Kier molecular flexibility index (Phi) is 7.23. The van der Waals surface area contributed by atoms with Crippen LogP contribution in [0.15, 0.2) is 65.8 Å². The zero-order valence-electron chi connectivity index (χ0n) is 18.1. The highest BCUT2D eigenvalue weighted by Gasteiger charge is 2.21. The smallest absolute Gasteiger partial charge is 0.339 e. The van der Waals surface area contributed by atoms with E-state index in [4.69, 9.17) is 9.47 Å². The van der Waals surface area contributed by atoms with Crippen LogP contribution in [0.3, 0.4) is 0 Å². The molecule has 0 aliphatic carbocycles. The minimum absolute atomic E-state index is 0.0410. The Morgan fingerprint density at radius 2 is 1.70 bits per heavy atom. The second kappa shape index (κ2) is 10.1. The minimum atomic E-state index is -3.90. The van der Waals surface area contributed by atoms with Crippen molar-refractivity contribution in [2.24, 2.45) is 0 Å². The molecule has 10 nitrogen and oxygen atoms in total. The first-order valence-electron chi connectivity index (χ1n) is 9.76. The molecule has 172 valence electrons. The zero-order chi connectivity index (χ0) is 24.0. The lowest BCUT2D eigenvalue weighted by Gasteiger charge is -2.14. The molecule has 1 aromatic heterocycles. The molecule has 1 atom stereocenters. The van der Waals surface area contributed by atoms with Gasteiger partial charge in [0, 0.05) is 18.1 Å². The molecule has 0 bridgehead atoms. The molecule has 3 rings (SSSR count). The predicted molar refractivity (Wildman–Crippen MR) is 121 cm³/mol. The molecule has 0 saturated carbocycles. The summed E-state index contributed by atoms with van der Waals surface area (Å²) in [4.78, 5) is 32.4. The number of hydrogen-bond donors (Lipinski definition) is 2. The van der Waals surface area contributed by atoms with Crippen molar-refractivity contribution in [1.82, 2.24) is 9.97 Å². The predicted octanol–water partition coefficient (Wildman–Crippen LogP) is 2.78. The molecule has 0 fully saturated rings. The van der Waals surface area contributed by atoms with Gasteiger partial charge in [0.15, 0.2) is 6.10 Å². The molecular weight excluding hydrogens is 448 g/mol. The number of rotatable bonds is 8. The Labute approximate surface area is 191 Å². The van der Waals surface area contributed by atoms with Gasteiger partial charge in [-0.1, -0.05) is 6.07 Å². The maximum Gasteiger partial charge on any atom is 0.339 e. The van der Waals surface area contributed by atoms with Crippen LogP contribution in [0.4, 0.5) is 11.6 Å². The highest BCUT2D eigenvalue weighted by atomic mass is 32.2. The Bertz CT molecular complexity index is 1250. The summed E-state index contributed by atoms with van der Waals surface area (Å²) in [5.74, 6) is -0.776. The molecule has 0 aliphatic heterocycles. The fraction of sp³-hybridized carbons (Fsp3) is 0.182. The van der Waals surface area contributed by atoms with Gasteiger partial charge in [-0.2, -0.15) is 0 Å². The molecule has 0 spiro atoms. The van der Waals surface area contributed by atoms with Crippen LogP contribution in [0.2, 0.25) is 0 Å². The van der Waals surface area contributed by atoms with E-state index in [-0.39, 0.29) is 16.4 Å². The molecule has 0 aliphatic rings. The lowest BCUT2D eigenvalue weighted by Crippen LogP contribution is -2.30. The number of carbonyl (C=O) groups excluding carboxylic acids is 2.